The molecule has 0 fully saturated rings. The maximum atomic E-state index is 13.6. The number of carbonyl (C=O) groups is 1. The highest BCUT2D eigenvalue weighted by molar-refractivity contribution is 6.06. The summed E-state index contributed by atoms with van der Waals surface area (Å²) in [6.45, 7) is 7.16. The van der Waals surface area contributed by atoms with Crippen molar-refractivity contribution in [2.24, 2.45) is 0 Å². The van der Waals surface area contributed by atoms with E-state index in [-0.39, 0.29) is 5.91 Å². The zero-order valence-electron chi connectivity index (χ0n) is 19.9. The van der Waals surface area contributed by atoms with Crippen LogP contribution >= 0.6 is 0 Å². The lowest BCUT2D eigenvalue weighted by Gasteiger charge is -2.29. The molecule has 8 heteroatoms. The van der Waals surface area contributed by atoms with Crippen molar-refractivity contribution in [3.8, 4) is 11.5 Å². The number of benzene rings is 2. The highest BCUT2D eigenvalue weighted by Crippen LogP contribution is 2.36. The number of allylic oxidation sites excluding steroid dienone is 1. The van der Waals surface area contributed by atoms with E-state index in [2.05, 4.69) is 27.6 Å². The van der Waals surface area contributed by atoms with Crippen LogP contribution in [0.25, 0.3) is 0 Å². The number of unbranched alkanes of at least 4 members (excludes halogenated alkanes) is 2. The van der Waals surface area contributed by atoms with Crippen molar-refractivity contribution in [3.63, 3.8) is 0 Å². The molecule has 8 nitrogen and oxygen atoms in total. The molecule has 178 valence electrons. The van der Waals surface area contributed by atoms with Gasteiger partial charge in [-0.1, -0.05) is 44.0 Å². The maximum Gasteiger partial charge on any atom is 0.255 e. The van der Waals surface area contributed by atoms with Crippen molar-refractivity contribution in [2.75, 3.05) is 23.8 Å². The van der Waals surface area contributed by atoms with Crippen LogP contribution in [0, 0.1) is 0 Å². The van der Waals surface area contributed by atoms with Crippen molar-refractivity contribution in [1.82, 2.24) is 14.8 Å². The molecule has 0 aliphatic carbocycles. The second kappa shape index (κ2) is 10.9. The molecule has 1 aliphatic rings. The fraction of sp³-hybridized carbons (Fsp3) is 0.346. The Balaban J connectivity index is 1.62. The van der Waals surface area contributed by atoms with Gasteiger partial charge in [-0.25, -0.2) is 4.68 Å². The van der Waals surface area contributed by atoms with E-state index in [1.165, 1.54) is 6.33 Å². The molecular weight excluding hydrogens is 430 g/mol. The number of amides is 1. The van der Waals surface area contributed by atoms with Crippen LogP contribution in [0.2, 0.25) is 0 Å². The molecule has 34 heavy (non-hydrogen) atoms. The molecule has 4 rings (SSSR count). The van der Waals surface area contributed by atoms with Crippen molar-refractivity contribution in [2.45, 2.75) is 46.1 Å². The highest BCUT2D eigenvalue weighted by Gasteiger charge is 2.33. The van der Waals surface area contributed by atoms with Crippen molar-refractivity contribution in [3.05, 3.63) is 71.7 Å². The van der Waals surface area contributed by atoms with Gasteiger partial charge in [0.2, 0.25) is 5.95 Å². The Bertz CT molecular complexity index is 1150. The Morgan fingerprint density at radius 2 is 1.88 bits per heavy atom. The SMILES string of the molecule is CCCCCOc1ccc(C2C(C(=O)Nc3ccccc3OCC)=C(C)Nc3ncnn32)cc1. The van der Waals surface area contributed by atoms with E-state index >= 15 is 0 Å². The summed E-state index contributed by atoms with van der Waals surface area (Å²) in [4.78, 5) is 17.9. The standard InChI is InChI=1S/C26H31N5O3/c1-4-6-9-16-34-20-14-12-19(13-15-20)24-23(18(3)29-26-27-17-28-31(24)26)25(32)30-21-10-7-8-11-22(21)33-5-2/h7-8,10-15,17,24H,4-6,9,16H2,1-3H3,(H,30,32)(H,27,28,29). The molecule has 0 bridgehead atoms. The molecular formula is C26H31N5O3. The minimum atomic E-state index is -0.438. The second-order valence-electron chi connectivity index (χ2n) is 8.10. The third kappa shape index (κ3) is 5.06. The van der Waals surface area contributed by atoms with Crippen molar-refractivity contribution in [1.29, 1.82) is 0 Å². The van der Waals surface area contributed by atoms with Gasteiger partial charge in [0, 0.05) is 5.70 Å². The molecule has 1 unspecified atom stereocenters. The number of para-hydroxylation sites is 2. The molecule has 0 spiro atoms. The average Bonchev–Trinajstić information content (AvgIpc) is 3.31. The molecule has 1 aliphatic heterocycles. The smallest absolute Gasteiger partial charge is 0.255 e. The second-order valence-corrected chi connectivity index (χ2v) is 8.10. The van der Waals surface area contributed by atoms with Crippen LogP contribution in [0.3, 0.4) is 0 Å². The van der Waals surface area contributed by atoms with E-state index in [1.54, 1.807) is 4.68 Å². The van der Waals surface area contributed by atoms with Crippen LogP contribution in [0.4, 0.5) is 11.6 Å². The lowest BCUT2D eigenvalue weighted by molar-refractivity contribution is -0.113. The van der Waals surface area contributed by atoms with E-state index in [4.69, 9.17) is 9.47 Å². The zero-order chi connectivity index (χ0) is 23.9. The summed E-state index contributed by atoms with van der Waals surface area (Å²) in [5.74, 6) is 1.80. The van der Waals surface area contributed by atoms with Crippen LogP contribution in [-0.4, -0.2) is 33.9 Å². The molecule has 0 saturated carbocycles. The van der Waals surface area contributed by atoms with E-state index < -0.39 is 6.04 Å². The molecule has 2 aromatic carbocycles. The van der Waals surface area contributed by atoms with Crippen LogP contribution in [0.5, 0.6) is 11.5 Å². The number of fused-ring (bicyclic) bond motifs is 1. The van der Waals surface area contributed by atoms with E-state index in [1.807, 2.05) is 62.4 Å². The van der Waals surface area contributed by atoms with Gasteiger partial charge in [-0.3, -0.25) is 4.79 Å². The molecule has 1 atom stereocenters. The number of hydrogen-bond donors (Lipinski definition) is 2. The minimum absolute atomic E-state index is 0.233. The zero-order valence-corrected chi connectivity index (χ0v) is 19.9. The molecule has 3 aromatic rings. The monoisotopic (exact) mass is 461 g/mol. The van der Waals surface area contributed by atoms with Crippen LogP contribution < -0.4 is 20.1 Å². The lowest BCUT2D eigenvalue weighted by Crippen LogP contribution is -2.31. The summed E-state index contributed by atoms with van der Waals surface area (Å²) in [7, 11) is 0. The number of anilines is 2. The third-order valence-electron chi connectivity index (χ3n) is 5.69. The fourth-order valence-electron chi connectivity index (χ4n) is 4.02. The molecule has 2 heterocycles. The van der Waals surface area contributed by atoms with E-state index in [9.17, 15) is 4.79 Å². The first-order valence-corrected chi connectivity index (χ1v) is 11.8. The summed E-state index contributed by atoms with van der Waals surface area (Å²) in [5, 5.41) is 10.6. The van der Waals surface area contributed by atoms with Gasteiger partial charge in [-0.2, -0.15) is 10.1 Å². The summed E-state index contributed by atoms with van der Waals surface area (Å²) < 4.78 is 13.3. The van der Waals surface area contributed by atoms with Gasteiger partial charge >= 0.3 is 0 Å². The number of nitrogens with zero attached hydrogens (tertiary/aromatic N) is 3. The Morgan fingerprint density at radius 1 is 1.09 bits per heavy atom. The van der Waals surface area contributed by atoms with Gasteiger partial charge in [0.15, 0.2) is 0 Å². The van der Waals surface area contributed by atoms with Crippen LogP contribution in [0.1, 0.15) is 51.6 Å². The van der Waals surface area contributed by atoms with Gasteiger partial charge < -0.3 is 20.1 Å². The molecule has 0 saturated heterocycles. The molecule has 0 radical (unpaired) electrons. The van der Waals surface area contributed by atoms with E-state index in [0.29, 0.717) is 36.2 Å². The van der Waals surface area contributed by atoms with Gasteiger partial charge in [0.25, 0.3) is 5.91 Å². The van der Waals surface area contributed by atoms with Crippen molar-refractivity contribution >= 4 is 17.5 Å². The lowest BCUT2D eigenvalue weighted by atomic mass is 9.95. The number of nitrogens with one attached hydrogen (secondary N) is 2. The first kappa shape index (κ1) is 23.4. The summed E-state index contributed by atoms with van der Waals surface area (Å²) in [5.41, 5.74) is 2.81. The maximum absolute atomic E-state index is 13.6. The first-order chi connectivity index (χ1) is 16.6. The average molecular weight is 462 g/mol. The van der Waals surface area contributed by atoms with Crippen molar-refractivity contribution < 1.29 is 14.3 Å². The Kier molecular flexibility index (Phi) is 7.47. The van der Waals surface area contributed by atoms with Gasteiger partial charge in [-0.05, 0) is 50.1 Å². The third-order valence-corrected chi connectivity index (χ3v) is 5.69. The Morgan fingerprint density at radius 3 is 2.65 bits per heavy atom. The number of aromatic nitrogens is 3. The van der Waals surface area contributed by atoms with Gasteiger partial charge in [-0.15, -0.1) is 0 Å². The number of carbonyl (C=O) groups excluding carboxylic acids is 1. The molecule has 2 N–H and O–H groups in total. The minimum Gasteiger partial charge on any atom is -0.494 e. The predicted octanol–water partition coefficient (Wildman–Crippen LogP) is 5.17. The summed E-state index contributed by atoms with van der Waals surface area (Å²) in [6.07, 6.45) is 4.82. The quantitative estimate of drug-likeness (QED) is 0.405. The molecule has 1 aromatic heterocycles. The number of hydrogen-bond acceptors (Lipinski definition) is 6. The van der Waals surface area contributed by atoms with E-state index in [0.717, 1.165) is 36.3 Å². The largest absolute Gasteiger partial charge is 0.494 e. The van der Waals surface area contributed by atoms with Gasteiger partial charge in [0.05, 0.1) is 24.5 Å². The Hall–Kier alpha value is -3.81. The first-order valence-electron chi connectivity index (χ1n) is 11.8. The fourth-order valence-corrected chi connectivity index (χ4v) is 4.02. The predicted molar refractivity (Wildman–Crippen MR) is 132 cm³/mol. The molecule has 1 amide bonds. The van der Waals surface area contributed by atoms with Crippen LogP contribution in [0.15, 0.2) is 66.1 Å². The summed E-state index contributed by atoms with van der Waals surface area (Å²) in [6, 6.07) is 14.8. The Labute approximate surface area is 200 Å². The van der Waals surface area contributed by atoms with Crippen LogP contribution in [-0.2, 0) is 4.79 Å². The number of rotatable bonds is 10. The highest BCUT2D eigenvalue weighted by atomic mass is 16.5. The summed E-state index contributed by atoms with van der Waals surface area (Å²) >= 11 is 0. The van der Waals surface area contributed by atoms with Gasteiger partial charge in [0.1, 0.15) is 23.9 Å². The number of ether oxygens (including phenoxy) is 2. The normalized spacial score (nSPS) is 14.9. The topological polar surface area (TPSA) is 90.3 Å².